The van der Waals surface area contributed by atoms with Gasteiger partial charge < -0.3 is 18.9 Å². The molecule has 0 aromatic heterocycles. The van der Waals surface area contributed by atoms with E-state index in [4.69, 9.17) is 18.9 Å². The molecule has 0 rings (SSSR count). The molecule has 29 heavy (non-hydrogen) atoms. The van der Waals surface area contributed by atoms with Crippen molar-refractivity contribution in [2.24, 2.45) is 0 Å². The smallest absolute Gasteiger partial charge is 0.305 e. The zero-order valence-corrected chi connectivity index (χ0v) is 19.4. The maximum absolute atomic E-state index is 11.7. The van der Waals surface area contributed by atoms with E-state index in [1.807, 2.05) is 0 Å². The highest BCUT2D eigenvalue weighted by molar-refractivity contribution is 5.69. The molecule has 0 spiro atoms. The molecule has 0 aromatic rings. The van der Waals surface area contributed by atoms with Gasteiger partial charge in [0.2, 0.25) is 0 Å². The molecule has 0 fully saturated rings. The van der Waals surface area contributed by atoms with Crippen molar-refractivity contribution in [2.75, 3.05) is 46.2 Å². The number of carbonyl (C=O) groups is 1. The first-order valence-electron chi connectivity index (χ1n) is 12.2. The van der Waals surface area contributed by atoms with Gasteiger partial charge in [-0.05, 0) is 12.8 Å². The Kier molecular flexibility index (Phi) is 24.8. The Balaban J connectivity index is 3.13. The summed E-state index contributed by atoms with van der Waals surface area (Å²) in [6.07, 6.45) is 16.7. The van der Waals surface area contributed by atoms with Gasteiger partial charge in [0.25, 0.3) is 0 Å². The van der Waals surface area contributed by atoms with E-state index in [2.05, 4.69) is 13.8 Å². The van der Waals surface area contributed by atoms with Gasteiger partial charge in [0.05, 0.1) is 33.0 Å². The third kappa shape index (κ3) is 25.3. The van der Waals surface area contributed by atoms with Gasteiger partial charge in [-0.25, -0.2) is 0 Å². The van der Waals surface area contributed by atoms with Gasteiger partial charge in [-0.1, -0.05) is 84.5 Å². The number of carbonyl (C=O) groups excluding carboxylic acids is 1. The standard InChI is InChI=1S/C24H48O5/c1-3-5-7-9-10-11-12-13-14-16-24(25)29-23-22-28-21-20-27-19-18-26-17-15-8-6-4-2/h3-23H2,1-2H3. The number of ether oxygens (including phenoxy) is 4. The lowest BCUT2D eigenvalue weighted by molar-refractivity contribution is -0.145. The summed E-state index contributed by atoms with van der Waals surface area (Å²) in [4.78, 5) is 11.7. The molecule has 0 aliphatic rings. The summed E-state index contributed by atoms with van der Waals surface area (Å²) in [6.45, 7) is 8.35. The molecule has 0 heterocycles. The van der Waals surface area contributed by atoms with E-state index in [-0.39, 0.29) is 5.97 Å². The molecule has 0 atom stereocenters. The molecule has 0 radical (unpaired) electrons. The van der Waals surface area contributed by atoms with Crippen LogP contribution in [0.25, 0.3) is 0 Å². The maximum Gasteiger partial charge on any atom is 0.305 e. The van der Waals surface area contributed by atoms with E-state index in [0.717, 1.165) is 25.9 Å². The number of rotatable bonds is 24. The predicted molar refractivity (Wildman–Crippen MR) is 119 cm³/mol. The van der Waals surface area contributed by atoms with Crippen molar-refractivity contribution in [3.05, 3.63) is 0 Å². The summed E-state index contributed by atoms with van der Waals surface area (Å²) < 4.78 is 21.5. The van der Waals surface area contributed by atoms with Crippen molar-refractivity contribution < 1.29 is 23.7 Å². The minimum Gasteiger partial charge on any atom is -0.463 e. The average molecular weight is 417 g/mol. The highest BCUT2D eigenvalue weighted by Gasteiger charge is 2.02. The van der Waals surface area contributed by atoms with Crippen molar-refractivity contribution in [3.63, 3.8) is 0 Å². The molecular weight excluding hydrogens is 368 g/mol. The Bertz CT molecular complexity index is 322. The predicted octanol–water partition coefficient (Wildman–Crippen LogP) is 6.08. The SMILES string of the molecule is CCCCCCCCCCCC(=O)OCCOCCOCCOCCCCCC. The fraction of sp³-hybridized carbons (Fsp3) is 0.958. The van der Waals surface area contributed by atoms with E-state index < -0.39 is 0 Å². The number of esters is 1. The van der Waals surface area contributed by atoms with Crippen LogP contribution >= 0.6 is 0 Å². The van der Waals surface area contributed by atoms with Crippen LogP contribution in [0.3, 0.4) is 0 Å². The second-order valence-corrected chi connectivity index (χ2v) is 7.70. The van der Waals surface area contributed by atoms with Gasteiger partial charge in [-0.15, -0.1) is 0 Å². The Hall–Kier alpha value is -0.650. The van der Waals surface area contributed by atoms with Crippen molar-refractivity contribution >= 4 is 5.97 Å². The second-order valence-electron chi connectivity index (χ2n) is 7.70. The van der Waals surface area contributed by atoms with Gasteiger partial charge in [-0.2, -0.15) is 0 Å². The molecule has 0 saturated carbocycles. The first kappa shape index (κ1) is 28.4. The van der Waals surface area contributed by atoms with Crippen molar-refractivity contribution in [3.8, 4) is 0 Å². The Labute approximate surface area is 180 Å². The summed E-state index contributed by atoms with van der Waals surface area (Å²) in [6, 6.07) is 0. The van der Waals surface area contributed by atoms with E-state index in [9.17, 15) is 4.79 Å². The quantitative estimate of drug-likeness (QED) is 0.141. The summed E-state index contributed by atoms with van der Waals surface area (Å²) in [5, 5.41) is 0. The Morgan fingerprint density at radius 1 is 0.483 bits per heavy atom. The van der Waals surface area contributed by atoms with Crippen molar-refractivity contribution in [2.45, 2.75) is 104 Å². The molecule has 0 saturated heterocycles. The Morgan fingerprint density at radius 2 is 0.897 bits per heavy atom. The highest BCUT2D eigenvalue weighted by atomic mass is 16.6. The van der Waals surface area contributed by atoms with Crippen molar-refractivity contribution in [1.82, 2.24) is 0 Å². The summed E-state index contributed by atoms with van der Waals surface area (Å²) in [5.41, 5.74) is 0. The molecule has 5 nitrogen and oxygen atoms in total. The van der Waals surface area contributed by atoms with Gasteiger partial charge in [0.15, 0.2) is 0 Å². The van der Waals surface area contributed by atoms with Gasteiger partial charge in [0, 0.05) is 13.0 Å². The van der Waals surface area contributed by atoms with Crippen LogP contribution in [0.15, 0.2) is 0 Å². The first-order chi connectivity index (χ1) is 14.3. The third-order valence-corrected chi connectivity index (χ3v) is 4.86. The van der Waals surface area contributed by atoms with Crippen LogP contribution in [0.2, 0.25) is 0 Å². The second kappa shape index (κ2) is 25.4. The largest absolute Gasteiger partial charge is 0.463 e. The summed E-state index contributed by atoms with van der Waals surface area (Å²) in [7, 11) is 0. The fourth-order valence-electron chi connectivity index (χ4n) is 3.04. The van der Waals surface area contributed by atoms with Gasteiger partial charge >= 0.3 is 5.97 Å². The van der Waals surface area contributed by atoms with Gasteiger partial charge in [-0.3, -0.25) is 4.79 Å². The van der Waals surface area contributed by atoms with Crippen LogP contribution < -0.4 is 0 Å². The van der Waals surface area contributed by atoms with Crippen LogP contribution in [0, 0.1) is 0 Å². The molecule has 0 amide bonds. The molecule has 0 aliphatic heterocycles. The van der Waals surface area contributed by atoms with E-state index in [1.54, 1.807) is 0 Å². The highest BCUT2D eigenvalue weighted by Crippen LogP contribution is 2.10. The molecular formula is C24H48O5. The number of hydrogen-bond acceptors (Lipinski definition) is 5. The zero-order valence-electron chi connectivity index (χ0n) is 19.4. The van der Waals surface area contributed by atoms with E-state index >= 15 is 0 Å². The lowest BCUT2D eigenvalue weighted by Crippen LogP contribution is -2.14. The van der Waals surface area contributed by atoms with E-state index in [0.29, 0.717) is 46.1 Å². The summed E-state index contributed by atoms with van der Waals surface area (Å²) >= 11 is 0. The van der Waals surface area contributed by atoms with Crippen LogP contribution in [0.1, 0.15) is 104 Å². The van der Waals surface area contributed by atoms with Crippen LogP contribution in [-0.4, -0.2) is 52.2 Å². The number of unbranched alkanes of at least 4 members (excludes halogenated alkanes) is 11. The molecule has 0 aromatic carbocycles. The molecule has 5 heteroatoms. The summed E-state index contributed by atoms with van der Waals surface area (Å²) in [5.74, 6) is -0.108. The Morgan fingerprint density at radius 3 is 1.45 bits per heavy atom. The molecule has 0 bridgehead atoms. The maximum atomic E-state index is 11.7. The average Bonchev–Trinajstić information content (AvgIpc) is 2.72. The molecule has 174 valence electrons. The lowest BCUT2D eigenvalue weighted by atomic mass is 10.1. The molecule has 0 unspecified atom stereocenters. The third-order valence-electron chi connectivity index (χ3n) is 4.86. The van der Waals surface area contributed by atoms with Crippen molar-refractivity contribution in [1.29, 1.82) is 0 Å². The van der Waals surface area contributed by atoms with Crippen LogP contribution in [0.5, 0.6) is 0 Å². The van der Waals surface area contributed by atoms with Crippen LogP contribution in [-0.2, 0) is 23.7 Å². The minimum absolute atomic E-state index is 0.108. The van der Waals surface area contributed by atoms with Crippen LogP contribution in [0.4, 0.5) is 0 Å². The normalized spacial score (nSPS) is 11.1. The fourth-order valence-corrected chi connectivity index (χ4v) is 3.04. The monoisotopic (exact) mass is 416 g/mol. The topological polar surface area (TPSA) is 54.0 Å². The first-order valence-corrected chi connectivity index (χ1v) is 12.2. The number of hydrogen-bond donors (Lipinski definition) is 0. The van der Waals surface area contributed by atoms with Gasteiger partial charge in [0.1, 0.15) is 6.61 Å². The lowest BCUT2D eigenvalue weighted by Gasteiger charge is -2.08. The minimum atomic E-state index is -0.108. The molecule has 0 N–H and O–H groups in total. The molecule has 0 aliphatic carbocycles. The zero-order chi connectivity index (χ0) is 21.3. The van der Waals surface area contributed by atoms with E-state index in [1.165, 1.54) is 64.2 Å².